The van der Waals surface area contributed by atoms with Crippen LogP contribution in [0.1, 0.15) is 69.2 Å². The van der Waals surface area contributed by atoms with Crippen LogP contribution in [-0.4, -0.2) is 128 Å². The van der Waals surface area contributed by atoms with Crippen LogP contribution in [0.25, 0.3) is 0 Å². The minimum absolute atomic E-state index is 0.00675. The molecule has 0 spiro atoms. The molecule has 56 heavy (non-hydrogen) atoms. The molecular formula is C36H40O20. The van der Waals surface area contributed by atoms with Gasteiger partial charge in [-0.2, -0.15) is 0 Å². The van der Waals surface area contributed by atoms with E-state index in [4.69, 9.17) is 52.1 Å². The number of rotatable bonds is 13. The smallest absolute Gasteiger partial charge is 0.303 e. The number of fused-ring (bicyclic) bond motifs is 1. The number of ketones is 2. The van der Waals surface area contributed by atoms with Crippen LogP contribution in [0.2, 0.25) is 0 Å². The highest BCUT2D eigenvalue weighted by Gasteiger charge is 2.58. The summed E-state index contributed by atoms with van der Waals surface area (Å²) in [4.78, 5) is 112. The molecule has 1 aromatic rings. The first-order chi connectivity index (χ1) is 26.4. The van der Waals surface area contributed by atoms with E-state index in [1.54, 1.807) is 6.07 Å². The van der Waals surface area contributed by atoms with Crippen molar-refractivity contribution >= 4 is 53.4 Å². The molecule has 0 aromatic heterocycles. The molecule has 10 atom stereocenters. The standard InChI is InChI=1S/C36H40O20/c1-15(37)46-13-26-29(48-17(3)39)31(49-18(4)40)34(52-21(7)43)36(55-26)56-30-27(14-47-16(2)38)54-35(33(51-20(6)42)32(30)50-19(5)41)53-25-12-24(44)22-10-8-9-11-23(22)28(25)45/h8-12,26-27,29-36H,13-14H2,1-7H3/t26-,27+,29-,30-,31+,32+,33-,34-,35-,36+/m1/s1. The van der Waals surface area contributed by atoms with Crippen LogP contribution in [0.15, 0.2) is 36.1 Å². The summed E-state index contributed by atoms with van der Waals surface area (Å²) in [5.41, 5.74) is 0.0856. The predicted molar refractivity (Wildman–Crippen MR) is 178 cm³/mol. The monoisotopic (exact) mass is 792 g/mol. The molecule has 2 fully saturated rings. The number of benzene rings is 1. The van der Waals surface area contributed by atoms with Gasteiger partial charge in [0.15, 0.2) is 42.2 Å². The Balaban J connectivity index is 1.82. The van der Waals surface area contributed by atoms with Crippen molar-refractivity contribution in [1.82, 2.24) is 0 Å². The summed E-state index contributed by atoms with van der Waals surface area (Å²) in [7, 11) is 0. The molecule has 0 saturated carbocycles. The van der Waals surface area contributed by atoms with Crippen molar-refractivity contribution in [1.29, 1.82) is 0 Å². The summed E-state index contributed by atoms with van der Waals surface area (Å²) >= 11 is 0. The molecule has 20 nitrogen and oxygen atoms in total. The van der Waals surface area contributed by atoms with Crippen LogP contribution >= 0.6 is 0 Å². The summed E-state index contributed by atoms with van der Waals surface area (Å²) in [6, 6.07) is 5.90. The van der Waals surface area contributed by atoms with Gasteiger partial charge in [0.25, 0.3) is 0 Å². The van der Waals surface area contributed by atoms with Gasteiger partial charge in [-0.15, -0.1) is 0 Å². The number of Topliss-reactive ketones (excluding diaryl/α,β-unsaturated/α-hetero) is 1. The molecule has 0 bridgehead atoms. The van der Waals surface area contributed by atoms with Crippen LogP contribution in [0, 0.1) is 0 Å². The fourth-order valence-electron chi connectivity index (χ4n) is 6.07. The molecule has 0 amide bonds. The zero-order valence-electron chi connectivity index (χ0n) is 31.2. The molecular weight excluding hydrogens is 752 g/mol. The number of ether oxygens (including phenoxy) is 11. The summed E-state index contributed by atoms with van der Waals surface area (Å²) in [6.07, 6.45) is -16.3. The van der Waals surface area contributed by atoms with Crippen LogP contribution < -0.4 is 0 Å². The van der Waals surface area contributed by atoms with Crippen molar-refractivity contribution in [3.8, 4) is 0 Å². The topological polar surface area (TPSA) is 255 Å². The van der Waals surface area contributed by atoms with Gasteiger partial charge in [0.2, 0.25) is 18.2 Å². The summed E-state index contributed by atoms with van der Waals surface area (Å²) in [5.74, 6) is -8.26. The zero-order valence-corrected chi connectivity index (χ0v) is 31.2. The van der Waals surface area contributed by atoms with E-state index in [-0.39, 0.29) is 11.1 Å². The summed E-state index contributed by atoms with van der Waals surface area (Å²) in [6.45, 7) is 5.83. The van der Waals surface area contributed by atoms with Crippen molar-refractivity contribution in [2.45, 2.75) is 110 Å². The number of esters is 7. The van der Waals surface area contributed by atoms with Gasteiger partial charge in [-0.3, -0.25) is 43.2 Å². The Morgan fingerprint density at radius 3 is 1.43 bits per heavy atom. The Morgan fingerprint density at radius 2 is 0.929 bits per heavy atom. The lowest BCUT2D eigenvalue weighted by atomic mass is 9.93. The highest BCUT2D eigenvalue weighted by Crippen LogP contribution is 2.37. The number of carbonyl (C=O) groups excluding carboxylic acids is 9. The van der Waals surface area contributed by atoms with Crippen LogP contribution in [0.5, 0.6) is 0 Å². The lowest BCUT2D eigenvalue weighted by Gasteiger charge is -2.48. The number of hydrogen-bond acceptors (Lipinski definition) is 20. The Bertz CT molecular complexity index is 1770. The Kier molecular flexibility index (Phi) is 14.4. The SMILES string of the molecule is CC(=O)OC[C@@H]1O[C@@H](OC2=CC(=O)c3ccccc3C2=O)[C@H](OC(C)=O)[C@@H](OC(C)=O)[C@@H]1O[C@@H]1O[C@H](COC(C)=O)[C@@H](OC(C)=O)[C@H](OC(C)=O)[C@H]1OC(C)=O. The molecule has 4 rings (SSSR count). The molecule has 2 aliphatic heterocycles. The third-order valence-corrected chi connectivity index (χ3v) is 8.05. The minimum atomic E-state index is -1.89. The Labute approximate surface area is 318 Å². The average molecular weight is 793 g/mol. The van der Waals surface area contributed by atoms with Gasteiger partial charge in [-0.05, 0) is 0 Å². The van der Waals surface area contributed by atoms with Gasteiger partial charge >= 0.3 is 41.8 Å². The van der Waals surface area contributed by atoms with Gasteiger partial charge in [0.1, 0.15) is 31.5 Å². The van der Waals surface area contributed by atoms with Crippen molar-refractivity contribution in [2.24, 2.45) is 0 Å². The minimum Gasteiger partial charge on any atom is -0.463 e. The zero-order chi connectivity index (χ0) is 41.4. The normalized spacial score (nSPS) is 28.3. The average Bonchev–Trinajstić information content (AvgIpc) is 3.09. The predicted octanol–water partition coefficient (Wildman–Crippen LogP) is 0.586. The van der Waals surface area contributed by atoms with Crippen LogP contribution in [0.3, 0.4) is 0 Å². The quantitative estimate of drug-likeness (QED) is 0.196. The van der Waals surface area contributed by atoms with Gasteiger partial charge in [-0.25, -0.2) is 0 Å². The van der Waals surface area contributed by atoms with Gasteiger partial charge < -0.3 is 52.1 Å². The van der Waals surface area contributed by atoms with Gasteiger partial charge in [-0.1, -0.05) is 24.3 Å². The molecule has 3 aliphatic rings. The maximum atomic E-state index is 13.5. The van der Waals surface area contributed by atoms with E-state index in [1.807, 2.05) is 0 Å². The highest BCUT2D eigenvalue weighted by molar-refractivity contribution is 6.23. The largest absolute Gasteiger partial charge is 0.463 e. The first kappa shape index (κ1) is 43.0. The first-order valence-corrected chi connectivity index (χ1v) is 17.0. The Hall–Kier alpha value is -5.73. The van der Waals surface area contributed by atoms with Crippen LogP contribution in [0.4, 0.5) is 0 Å². The lowest BCUT2D eigenvalue weighted by Crippen LogP contribution is -2.67. The second-order valence-corrected chi connectivity index (χ2v) is 12.5. The molecule has 0 N–H and O–H groups in total. The van der Waals surface area contributed by atoms with E-state index in [0.29, 0.717) is 0 Å². The number of allylic oxidation sites excluding steroid dienone is 2. The number of hydrogen-bond donors (Lipinski definition) is 0. The fraction of sp³-hybridized carbons (Fsp3) is 0.528. The van der Waals surface area contributed by atoms with Crippen molar-refractivity contribution in [3.05, 3.63) is 47.2 Å². The van der Waals surface area contributed by atoms with Gasteiger partial charge in [0.05, 0.1) is 0 Å². The second kappa shape index (κ2) is 18.7. The van der Waals surface area contributed by atoms with E-state index >= 15 is 0 Å². The fourth-order valence-corrected chi connectivity index (χ4v) is 6.07. The molecule has 20 heteroatoms. The van der Waals surface area contributed by atoms with E-state index in [0.717, 1.165) is 54.5 Å². The lowest BCUT2D eigenvalue weighted by molar-refractivity contribution is -0.358. The van der Waals surface area contributed by atoms with Crippen molar-refractivity contribution in [2.75, 3.05) is 13.2 Å². The maximum absolute atomic E-state index is 13.5. The van der Waals surface area contributed by atoms with E-state index in [2.05, 4.69) is 0 Å². The molecule has 2 heterocycles. The molecule has 0 radical (unpaired) electrons. The third kappa shape index (κ3) is 10.9. The second-order valence-electron chi connectivity index (χ2n) is 12.5. The van der Waals surface area contributed by atoms with E-state index in [1.165, 1.54) is 18.2 Å². The molecule has 1 aromatic carbocycles. The Morgan fingerprint density at radius 1 is 0.518 bits per heavy atom. The summed E-state index contributed by atoms with van der Waals surface area (Å²) in [5, 5.41) is 0. The molecule has 2 saturated heterocycles. The summed E-state index contributed by atoms with van der Waals surface area (Å²) < 4.78 is 62.1. The molecule has 0 unspecified atom stereocenters. The highest BCUT2D eigenvalue weighted by atomic mass is 16.8. The maximum Gasteiger partial charge on any atom is 0.303 e. The van der Waals surface area contributed by atoms with E-state index < -0.39 is 134 Å². The van der Waals surface area contributed by atoms with E-state index in [9.17, 15) is 43.2 Å². The molecule has 1 aliphatic carbocycles. The van der Waals surface area contributed by atoms with Gasteiger partial charge in [0, 0.05) is 65.7 Å². The molecule has 304 valence electrons. The third-order valence-electron chi connectivity index (χ3n) is 8.05. The van der Waals surface area contributed by atoms with Crippen molar-refractivity contribution < 1.29 is 95.3 Å². The first-order valence-electron chi connectivity index (χ1n) is 17.0. The van der Waals surface area contributed by atoms with Crippen LogP contribution in [-0.2, 0) is 85.7 Å². The van der Waals surface area contributed by atoms with Crippen molar-refractivity contribution in [3.63, 3.8) is 0 Å². The number of carbonyl (C=O) groups is 9.